The lowest BCUT2D eigenvalue weighted by Crippen LogP contribution is -2.02. The van der Waals surface area contributed by atoms with E-state index in [0.29, 0.717) is 5.78 Å². The highest BCUT2D eigenvalue weighted by Crippen LogP contribution is 2.18. The minimum absolute atomic E-state index is 0.261. The Morgan fingerprint density at radius 1 is 1.19 bits per heavy atom. The van der Waals surface area contributed by atoms with Crippen molar-refractivity contribution in [3.63, 3.8) is 0 Å². The van der Waals surface area contributed by atoms with E-state index < -0.39 is 0 Å². The molecule has 0 aliphatic rings. The zero-order chi connectivity index (χ0) is 14.8. The molecule has 0 bridgehead atoms. The van der Waals surface area contributed by atoms with Gasteiger partial charge in [-0.25, -0.2) is 9.37 Å². The van der Waals surface area contributed by atoms with E-state index in [1.165, 1.54) is 12.1 Å². The van der Waals surface area contributed by atoms with Crippen molar-refractivity contribution in [1.82, 2.24) is 19.6 Å². The van der Waals surface area contributed by atoms with E-state index in [2.05, 4.69) is 27.3 Å². The van der Waals surface area contributed by atoms with Crippen LogP contribution in [0.15, 0.2) is 30.3 Å². The molecule has 0 atom stereocenters. The molecule has 21 heavy (non-hydrogen) atoms. The summed E-state index contributed by atoms with van der Waals surface area (Å²) in [4.78, 5) is 8.80. The number of hydrogen-bond donors (Lipinski definition) is 1. The molecular weight excluding hydrogens is 269 g/mol. The average molecular weight is 285 g/mol. The normalized spacial score (nSPS) is 11.0. The summed E-state index contributed by atoms with van der Waals surface area (Å²) in [7, 11) is 0. The number of halogens is 1. The molecule has 0 unspecified atom stereocenters. The second-order valence-electron chi connectivity index (χ2n) is 4.90. The van der Waals surface area contributed by atoms with E-state index in [9.17, 15) is 4.39 Å². The number of fused-ring (bicyclic) bond motifs is 1. The van der Waals surface area contributed by atoms with Crippen LogP contribution < -0.4 is 5.32 Å². The molecule has 3 rings (SSSR count). The minimum Gasteiger partial charge on any atom is -0.340 e. The van der Waals surface area contributed by atoms with Crippen LogP contribution in [0.4, 0.5) is 15.9 Å². The second-order valence-corrected chi connectivity index (χ2v) is 4.90. The lowest BCUT2D eigenvalue weighted by molar-refractivity contribution is 0.628. The fourth-order valence-corrected chi connectivity index (χ4v) is 2.13. The van der Waals surface area contributed by atoms with E-state index in [4.69, 9.17) is 0 Å². The maximum absolute atomic E-state index is 13.0. The quantitative estimate of drug-likeness (QED) is 0.799. The van der Waals surface area contributed by atoms with Gasteiger partial charge in [0.25, 0.3) is 5.78 Å². The second kappa shape index (κ2) is 5.47. The first-order valence-electron chi connectivity index (χ1n) is 6.91. The lowest BCUT2D eigenvalue weighted by atomic mass is 10.3. The van der Waals surface area contributed by atoms with Crippen LogP contribution in [0.25, 0.3) is 5.78 Å². The summed E-state index contributed by atoms with van der Waals surface area (Å²) in [5, 5.41) is 7.69. The van der Waals surface area contributed by atoms with E-state index >= 15 is 0 Å². The van der Waals surface area contributed by atoms with Gasteiger partial charge >= 0.3 is 0 Å². The third-order valence-electron chi connectivity index (χ3n) is 3.07. The van der Waals surface area contributed by atoms with Crippen molar-refractivity contribution >= 4 is 17.3 Å². The molecule has 108 valence electrons. The Kier molecular flexibility index (Phi) is 3.51. The van der Waals surface area contributed by atoms with Crippen LogP contribution in [0.5, 0.6) is 0 Å². The third-order valence-corrected chi connectivity index (χ3v) is 3.07. The van der Waals surface area contributed by atoms with Crippen molar-refractivity contribution in [2.24, 2.45) is 0 Å². The molecule has 0 saturated carbocycles. The van der Waals surface area contributed by atoms with Crippen LogP contribution in [-0.2, 0) is 6.42 Å². The smallest absolute Gasteiger partial charge is 0.254 e. The number of anilines is 2. The number of nitrogens with zero attached hydrogens (tertiary/aromatic N) is 4. The molecule has 0 aliphatic heterocycles. The fraction of sp³-hybridized carbons (Fsp3) is 0.267. The van der Waals surface area contributed by atoms with E-state index in [-0.39, 0.29) is 5.82 Å². The number of hydrogen-bond acceptors (Lipinski definition) is 4. The average Bonchev–Trinajstić information content (AvgIpc) is 2.84. The van der Waals surface area contributed by atoms with Crippen LogP contribution in [0.1, 0.15) is 24.9 Å². The number of rotatable bonds is 4. The molecule has 6 heteroatoms. The zero-order valence-corrected chi connectivity index (χ0v) is 12.0. The summed E-state index contributed by atoms with van der Waals surface area (Å²) >= 11 is 0. The summed E-state index contributed by atoms with van der Waals surface area (Å²) < 4.78 is 14.6. The van der Waals surface area contributed by atoms with Gasteiger partial charge in [-0.1, -0.05) is 6.92 Å². The van der Waals surface area contributed by atoms with Gasteiger partial charge in [0.1, 0.15) is 11.6 Å². The SMILES string of the molecule is CCCc1nc2nc(C)cc(Nc3ccc(F)cc3)n2n1. The predicted octanol–water partition coefficient (Wildman–Crippen LogP) is 3.27. The van der Waals surface area contributed by atoms with Gasteiger partial charge in [0.05, 0.1) is 0 Å². The number of aryl methyl sites for hydroxylation is 2. The molecule has 5 nitrogen and oxygen atoms in total. The Labute approximate surface area is 121 Å². The van der Waals surface area contributed by atoms with Crippen molar-refractivity contribution in [3.8, 4) is 0 Å². The summed E-state index contributed by atoms with van der Waals surface area (Å²) in [5.41, 5.74) is 1.64. The Bertz CT molecular complexity index is 764. The molecule has 3 aromatic rings. The molecule has 0 radical (unpaired) electrons. The van der Waals surface area contributed by atoms with Gasteiger partial charge in [0.2, 0.25) is 0 Å². The fourth-order valence-electron chi connectivity index (χ4n) is 2.13. The van der Waals surface area contributed by atoms with Crippen LogP contribution in [-0.4, -0.2) is 19.6 Å². The first-order valence-corrected chi connectivity index (χ1v) is 6.91. The molecule has 0 fully saturated rings. The molecule has 0 aliphatic carbocycles. The molecule has 0 spiro atoms. The molecule has 2 heterocycles. The number of nitrogens with one attached hydrogen (secondary N) is 1. The largest absolute Gasteiger partial charge is 0.340 e. The van der Waals surface area contributed by atoms with Crippen molar-refractivity contribution in [1.29, 1.82) is 0 Å². The zero-order valence-electron chi connectivity index (χ0n) is 12.0. The number of aromatic nitrogens is 4. The van der Waals surface area contributed by atoms with Gasteiger partial charge in [0.15, 0.2) is 5.82 Å². The Morgan fingerprint density at radius 3 is 2.67 bits per heavy atom. The Hall–Kier alpha value is -2.50. The molecule has 2 aromatic heterocycles. The van der Waals surface area contributed by atoms with Crippen molar-refractivity contribution in [3.05, 3.63) is 47.7 Å². The standard InChI is InChI=1S/C15H16FN5/c1-3-4-13-19-15-17-10(2)9-14(21(15)20-13)18-12-7-5-11(16)6-8-12/h5-9,18H,3-4H2,1-2H3. The van der Waals surface area contributed by atoms with Crippen molar-refractivity contribution in [2.75, 3.05) is 5.32 Å². The minimum atomic E-state index is -0.261. The van der Waals surface area contributed by atoms with E-state index in [0.717, 1.165) is 35.9 Å². The first-order chi connectivity index (χ1) is 10.2. The summed E-state index contributed by atoms with van der Waals surface area (Å²) in [5.74, 6) is 1.85. The molecule has 0 saturated heterocycles. The number of benzene rings is 1. The van der Waals surface area contributed by atoms with E-state index in [1.807, 2.05) is 13.0 Å². The third kappa shape index (κ3) is 2.84. The lowest BCUT2D eigenvalue weighted by Gasteiger charge is -2.08. The van der Waals surface area contributed by atoms with Crippen molar-refractivity contribution < 1.29 is 4.39 Å². The van der Waals surface area contributed by atoms with Crippen molar-refractivity contribution in [2.45, 2.75) is 26.7 Å². The van der Waals surface area contributed by atoms with Crippen LogP contribution in [0, 0.1) is 12.7 Å². The Morgan fingerprint density at radius 2 is 1.95 bits per heavy atom. The Balaban J connectivity index is 2.01. The first kappa shape index (κ1) is 13.5. The van der Waals surface area contributed by atoms with Gasteiger partial charge in [0, 0.05) is 23.9 Å². The predicted molar refractivity (Wildman–Crippen MR) is 79.2 cm³/mol. The highest BCUT2D eigenvalue weighted by molar-refractivity contribution is 5.58. The summed E-state index contributed by atoms with van der Waals surface area (Å²) in [6.45, 7) is 3.99. The summed E-state index contributed by atoms with van der Waals surface area (Å²) in [6, 6.07) is 8.08. The van der Waals surface area contributed by atoms with Gasteiger partial charge in [-0.3, -0.25) is 0 Å². The monoisotopic (exact) mass is 285 g/mol. The highest BCUT2D eigenvalue weighted by Gasteiger charge is 2.09. The molecule has 1 N–H and O–H groups in total. The van der Waals surface area contributed by atoms with Gasteiger partial charge < -0.3 is 5.32 Å². The highest BCUT2D eigenvalue weighted by atomic mass is 19.1. The van der Waals surface area contributed by atoms with Gasteiger partial charge in [-0.15, -0.1) is 5.10 Å². The topological polar surface area (TPSA) is 55.1 Å². The maximum Gasteiger partial charge on any atom is 0.254 e. The molecule has 1 aromatic carbocycles. The summed E-state index contributed by atoms with van der Waals surface area (Å²) in [6.07, 6.45) is 1.80. The molecule has 0 amide bonds. The van der Waals surface area contributed by atoms with Gasteiger partial charge in [-0.2, -0.15) is 9.50 Å². The molecular formula is C15H16FN5. The maximum atomic E-state index is 13.0. The van der Waals surface area contributed by atoms with Crippen LogP contribution >= 0.6 is 0 Å². The van der Waals surface area contributed by atoms with Gasteiger partial charge in [-0.05, 0) is 37.6 Å². The van der Waals surface area contributed by atoms with Crippen LogP contribution in [0.2, 0.25) is 0 Å². The van der Waals surface area contributed by atoms with E-state index in [1.54, 1.807) is 16.6 Å². The van der Waals surface area contributed by atoms with Crippen LogP contribution in [0.3, 0.4) is 0 Å².